The topological polar surface area (TPSA) is 60.7 Å². The van der Waals surface area contributed by atoms with Crippen LogP contribution in [-0.2, 0) is 13.2 Å². The fraction of sp³-hybridized carbons (Fsp3) is 0.125. The molecule has 2 aromatic heterocycles. The van der Waals surface area contributed by atoms with Gasteiger partial charge in [0.2, 0.25) is 11.6 Å². The van der Waals surface area contributed by atoms with Crippen molar-refractivity contribution in [3.63, 3.8) is 0 Å². The molecule has 5 nitrogen and oxygen atoms in total. The standard InChI is InChI=1S/C16H9F3N4O/c1-23-12(4-5-21-23)8-2-3-9-10(6-8)14(24)13-11(9)7-20-15(22-13)16(17,18)19/h2-7H,1H3. The second-order valence-electron chi connectivity index (χ2n) is 5.38. The summed E-state index contributed by atoms with van der Waals surface area (Å²) in [7, 11) is 1.76. The van der Waals surface area contributed by atoms with E-state index < -0.39 is 17.8 Å². The molecule has 24 heavy (non-hydrogen) atoms. The van der Waals surface area contributed by atoms with Crippen LogP contribution in [0.1, 0.15) is 21.9 Å². The quantitative estimate of drug-likeness (QED) is 0.538. The van der Waals surface area contributed by atoms with E-state index in [1.165, 1.54) is 0 Å². The molecule has 0 fully saturated rings. The number of alkyl halides is 3. The molecule has 0 radical (unpaired) electrons. The van der Waals surface area contributed by atoms with E-state index in [0.29, 0.717) is 16.7 Å². The number of carbonyl (C=O) groups is 1. The number of rotatable bonds is 1. The molecule has 0 unspecified atom stereocenters. The number of hydrogen-bond donors (Lipinski definition) is 0. The number of carbonyl (C=O) groups excluding carboxylic acids is 1. The molecule has 0 atom stereocenters. The van der Waals surface area contributed by atoms with Gasteiger partial charge in [0.05, 0.1) is 5.69 Å². The average Bonchev–Trinajstić information content (AvgIpc) is 3.09. The van der Waals surface area contributed by atoms with E-state index in [-0.39, 0.29) is 5.69 Å². The monoisotopic (exact) mass is 330 g/mol. The van der Waals surface area contributed by atoms with Gasteiger partial charge in [0.15, 0.2) is 0 Å². The third kappa shape index (κ3) is 2.03. The van der Waals surface area contributed by atoms with Crippen molar-refractivity contribution in [2.45, 2.75) is 6.18 Å². The van der Waals surface area contributed by atoms with Crippen LogP contribution in [0, 0.1) is 0 Å². The Hall–Kier alpha value is -3.03. The first-order valence-electron chi connectivity index (χ1n) is 6.98. The minimum atomic E-state index is -4.69. The molecule has 1 aromatic carbocycles. The van der Waals surface area contributed by atoms with Crippen molar-refractivity contribution < 1.29 is 18.0 Å². The molecular weight excluding hydrogens is 321 g/mol. The van der Waals surface area contributed by atoms with E-state index in [4.69, 9.17) is 0 Å². The molecule has 0 aliphatic heterocycles. The third-order valence-corrected chi connectivity index (χ3v) is 3.93. The van der Waals surface area contributed by atoms with Crippen molar-refractivity contribution in [2.75, 3.05) is 0 Å². The summed E-state index contributed by atoms with van der Waals surface area (Å²) >= 11 is 0. The first kappa shape index (κ1) is 14.6. The molecule has 2 heterocycles. The van der Waals surface area contributed by atoms with Gasteiger partial charge in [-0.3, -0.25) is 9.48 Å². The number of fused-ring (bicyclic) bond motifs is 3. The highest BCUT2D eigenvalue weighted by atomic mass is 19.4. The van der Waals surface area contributed by atoms with Gasteiger partial charge in [-0.15, -0.1) is 0 Å². The molecule has 0 spiro atoms. The lowest BCUT2D eigenvalue weighted by molar-refractivity contribution is -0.145. The maximum atomic E-state index is 12.8. The largest absolute Gasteiger partial charge is 0.451 e. The number of halogens is 3. The molecule has 0 saturated carbocycles. The highest BCUT2D eigenvalue weighted by Crippen LogP contribution is 2.38. The van der Waals surface area contributed by atoms with Gasteiger partial charge in [-0.25, -0.2) is 9.97 Å². The van der Waals surface area contributed by atoms with Gasteiger partial charge in [-0.2, -0.15) is 18.3 Å². The number of benzene rings is 1. The molecule has 0 bridgehead atoms. The molecule has 1 aliphatic rings. The molecule has 1 aliphatic carbocycles. The van der Waals surface area contributed by atoms with Crippen LogP contribution in [0.15, 0.2) is 36.7 Å². The highest BCUT2D eigenvalue weighted by Gasteiger charge is 2.38. The summed E-state index contributed by atoms with van der Waals surface area (Å²) in [4.78, 5) is 19.3. The second kappa shape index (κ2) is 4.73. The summed E-state index contributed by atoms with van der Waals surface area (Å²) in [5.41, 5.74) is 2.50. The number of aryl methyl sites for hydroxylation is 1. The first-order valence-corrected chi connectivity index (χ1v) is 6.98. The Balaban J connectivity index is 1.85. The minimum Gasteiger partial charge on any atom is -0.287 e. The van der Waals surface area contributed by atoms with Crippen LogP contribution in [0.4, 0.5) is 13.2 Å². The molecule has 3 aromatic rings. The lowest BCUT2D eigenvalue weighted by Crippen LogP contribution is -2.13. The van der Waals surface area contributed by atoms with Crippen molar-refractivity contribution in [1.29, 1.82) is 0 Å². The normalized spacial score (nSPS) is 13.1. The minimum absolute atomic E-state index is 0.213. The van der Waals surface area contributed by atoms with Gasteiger partial charge in [0.1, 0.15) is 5.69 Å². The Kier molecular flexibility index (Phi) is 2.87. The van der Waals surface area contributed by atoms with Gasteiger partial charge in [-0.05, 0) is 17.7 Å². The average molecular weight is 330 g/mol. The van der Waals surface area contributed by atoms with Crippen LogP contribution in [-0.4, -0.2) is 25.5 Å². The van der Waals surface area contributed by atoms with Gasteiger partial charge in [-0.1, -0.05) is 12.1 Å². The van der Waals surface area contributed by atoms with Crippen LogP contribution in [0.2, 0.25) is 0 Å². The maximum Gasteiger partial charge on any atom is 0.451 e. The molecule has 4 rings (SSSR count). The van der Waals surface area contributed by atoms with Gasteiger partial charge >= 0.3 is 6.18 Å². The molecule has 0 N–H and O–H groups in total. The van der Waals surface area contributed by atoms with Crippen molar-refractivity contribution in [3.8, 4) is 22.4 Å². The van der Waals surface area contributed by atoms with Crippen LogP contribution < -0.4 is 0 Å². The van der Waals surface area contributed by atoms with E-state index in [0.717, 1.165) is 17.5 Å². The van der Waals surface area contributed by atoms with Crippen LogP contribution >= 0.6 is 0 Å². The molecule has 0 saturated heterocycles. The molecule has 0 amide bonds. The number of hydrogen-bond acceptors (Lipinski definition) is 4. The Morgan fingerprint density at radius 2 is 1.88 bits per heavy atom. The second-order valence-corrected chi connectivity index (χ2v) is 5.38. The number of aromatic nitrogens is 4. The maximum absolute atomic E-state index is 12.8. The summed E-state index contributed by atoms with van der Waals surface area (Å²) in [6, 6.07) is 6.91. The Morgan fingerprint density at radius 1 is 1.08 bits per heavy atom. The third-order valence-electron chi connectivity index (χ3n) is 3.93. The fourth-order valence-corrected chi connectivity index (χ4v) is 2.80. The summed E-state index contributed by atoms with van der Waals surface area (Å²) in [5.74, 6) is -1.84. The Bertz CT molecular complexity index is 991. The van der Waals surface area contributed by atoms with Crippen LogP contribution in [0.5, 0.6) is 0 Å². The van der Waals surface area contributed by atoms with E-state index >= 15 is 0 Å². The number of ketones is 1. The molecular formula is C16H9F3N4O. The lowest BCUT2D eigenvalue weighted by Gasteiger charge is -2.06. The number of nitrogens with zero attached hydrogens (tertiary/aromatic N) is 4. The van der Waals surface area contributed by atoms with E-state index in [1.807, 2.05) is 0 Å². The zero-order valence-corrected chi connectivity index (χ0v) is 12.3. The summed E-state index contributed by atoms with van der Waals surface area (Å²) in [5, 5.41) is 4.07. The van der Waals surface area contributed by atoms with Crippen molar-refractivity contribution in [2.24, 2.45) is 7.05 Å². The van der Waals surface area contributed by atoms with Crippen molar-refractivity contribution in [1.82, 2.24) is 19.7 Å². The van der Waals surface area contributed by atoms with Crippen molar-refractivity contribution in [3.05, 3.63) is 53.7 Å². The zero-order valence-electron chi connectivity index (χ0n) is 12.3. The molecule has 8 heteroatoms. The SMILES string of the molecule is Cn1nccc1-c1ccc2c(c1)C(=O)c1nc(C(F)(F)F)ncc1-2. The predicted molar refractivity (Wildman–Crippen MR) is 78.1 cm³/mol. The predicted octanol–water partition coefficient (Wildman–Crippen LogP) is 3.11. The first-order chi connectivity index (χ1) is 11.4. The summed E-state index contributed by atoms with van der Waals surface area (Å²) in [6.07, 6.45) is -2.01. The van der Waals surface area contributed by atoms with Gasteiger partial charge in [0.25, 0.3) is 0 Å². The van der Waals surface area contributed by atoms with Gasteiger partial charge in [0, 0.05) is 36.1 Å². The van der Waals surface area contributed by atoms with E-state index in [9.17, 15) is 18.0 Å². The lowest BCUT2D eigenvalue weighted by atomic mass is 10.0. The Morgan fingerprint density at radius 3 is 2.54 bits per heavy atom. The Labute approximate surface area is 133 Å². The molecule has 120 valence electrons. The summed E-state index contributed by atoms with van der Waals surface area (Å²) < 4.78 is 39.9. The fourth-order valence-electron chi connectivity index (χ4n) is 2.80. The van der Waals surface area contributed by atoms with Crippen LogP contribution in [0.3, 0.4) is 0 Å². The van der Waals surface area contributed by atoms with Crippen LogP contribution in [0.25, 0.3) is 22.4 Å². The highest BCUT2D eigenvalue weighted by molar-refractivity contribution is 6.20. The van der Waals surface area contributed by atoms with Crippen molar-refractivity contribution >= 4 is 5.78 Å². The van der Waals surface area contributed by atoms with E-state index in [1.54, 1.807) is 42.2 Å². The van der Waals surface area contributed by atoms with Gasteiger partial charge < -0.3 is 0 Å². The van der Waals surface area contributed by atoms with E-state index in [2.05, 4.69) is 15.1 Å². The zero-order chi connectivity index (χ0) is 17.1. The summed E-state index contributed by atoms with van der Waals surface area (Å²) in [6.45, 7) is 0. The smallest absolute Gasteiger partial charge is 0.287 e.